The van der Waals surface area contributed by atoms with Crippen molar-refractivity contribution in [2.75, 3.05) is 0 Å². The fourth-order valence-corrected chi connectivity index (χ4v) is 5.87. The van der Waals surface area contributed by atoms with Gasteiger partial charge in [-0.3, -0.25) is 0 Å². The molecule has 2 saturated carbocycles. The van der Waals surface area contributed by atoms with Crippen LogP contribution in [-0.4, -0.2) is 0 Å². The van der Waals surface area contributed by atoms with E-state index in [1.165, 1.54) is 95.5 Å². The normalized spacial score (nSPS) is 27.2. The highest BCUT2D eigenvalue weighted by atomic mass is 14.3. The quantitative estimate of drug-likeness (QED) is 0.357. The van der Waals surface area contributed by atoms with Gasteiger partial charge in [-0.1, -0.05) is 82.2 Å². The molecular formula is C29H43N. The van der Waals surface area contributed by atoms with E-state index in [1.807, 2.05) is 6.08 Å². The first kappa shape index (κ1) is 23.1. The van der Waals surface area contributed by atoms with Crippen molar-refractivity contribution in [2.24, 2.45) is 17.8 Å². The monoisotopic (exact) mass is 405 g/mol. The van der Waals surface area contributed by atoms with Crippen LogP contribution in [0.4, 0.5) is 0 Å². The molecule has 0 aromatic heterocycles. The minimum Gasteiger partial charge on any atom is -0.193 e. The average Bonchev–Trinajstić information content (AvgIpc) is 2.81. The molecule has 30 heavy (non-hydrogen) atoms. The summed E-state index contributed by atoms with van der Waals surface area (Å²) in [5.74, 6) is 3.70. The van der Waals surface area contributed by atoms with Gasteiger partial charge in [0.15, 0.2) is 0 Å². The zero-order valence-electron chi connectivity index (χ0n) is 19.3. The molecule has 0 unspecified atom stereocenters. The SMILES string of the molecule is CCCCc1ccc([C@H]2CC[C@H](CC[C@H]3CC[C@H](CCC=CC#N)CC3)CC2)cc1. The molecule has 0 radical (unpaired) electrons. The van der Waals surface area contributed by atoms with E-state index in [0.29, 0.717) is 0 Å². The summed E-state index contributed by atoms with van der Waals surface area (Å²) in [7, 11) is 0. The van der Waals surface area contributed by atoms with E-state index in [0.717, 1.165) is 30.1 Å². The van der Waals surface area contributed by atoms with Crippen molar-refractivity contribution in [3.63, 3.8) is 0 Å². The summed E-state index contributed by atoms with van der Waals surface area (Å²) in [6, 6.07) is 11.7. The summed E-state index contributed by atoms with van der Waals surface area (Å²) in [5, 5.41) is 8.58. The molecule has 3 rings (SSSR count). The Bertz CT molecular complexity index is 649. The van der Waals surface area contributed by atoms with Crippen LogP contribution in [0, 0.1) is 29.1 Å². The Labute approximate surface area is 186 Å². The first-order valence-corrected chi connectivity index (χ1v) is 12.9. The molecular weight excluding hydrogens is 362 g/mol. The molecule has 0 N–H and O–H groups in total. The summed E-state index contributed by atoms with van der Waals surface area (Å²) in [4.78, 5) is 0. The number of hydrogen-bond acceptors (Lipinski definition) is 1. The molecule has 0 bridgehead atoms. The van der Waals surface area contributed by atoms with E-state index in [-0.39, 0.29) is 0 Å². The van der Waals surface area contributed by atoms with Crippen molar-refractivity contribution in [1.29, 1.82) is 5.26 Å². The molecule has 0 heterocycles. The zero-order chi connectivity index (χ0) is 21.0. The third kappa shape index (κ3) is 7.61. The van der Waals surface area contributed by atoms with Crippen LogP contribution in [0.3, 0.4) is 0 Å². The van der Waals surface area contributed by atoms with Crippen LogP contribution in [0.5, 0.6) is 0 Å². The molecule has 0 atom stereocenters. The van der Waals surface area contributed by atoms with E-state index >= 15 is 0 Å². The largest absolute Gasteiger partial charge is 0.193 e. The van der Waals surface area contributed by atoms with E-state index in [1.54, 1.807) is 11.6 Å². The summed E-state index contributed by atoms with van der Waals surface area (Å²) >= 11 is 0. The topological polar surface area (TPSA) is 23.8 Å². The van der Waals surface area contributed by atoms with Gasteiger partial charge in [0.25, 0.3) is 0 Å². The number of benzene rings is 1. The lowest BCUT2D eigenvalue weighted by Gasteiger charge is -2.32. The average molecular weight is 406 g/mol. The third-order valence-electron chi connectivity index (χ3n) is 8.00. The standard InChI is InChI=1S/C29H43N/c1-2-3-7-24-15-19-28(20-16-24)29-21-17-27(18-22-29)14-13-26-11-9-25(10-12-26)8-5-4-6-23-30/h4,6,15-16,19-20,25-27,29H,2-3,5,7-14,17-18,21-22H2,1H3/t25-,26-,27-,29-. The Morgan fingerprint density at radius 1 is 0.833 bits per heavy atom. The first-order valence-electron chi connectivity index (χ1n) is 12.9. The van der Waals surface area contributed by atoms with Crippen LogP contribution in [0.25, 0.3) is 0 Å². The van der Waals surface area contributed by atoms with Crippen LogP contribution in [0.1, 0.15) is 114 Å². The molecule has 0 aliphatic heterocycles. The van der Waals surface area contributed by atoms with E-state index in [4.69, 9.17) is 5.26 Å². The van der Waals surface area contributed by atoms with Crippen molar-refractivity contribution >= 4 is 0 Å². The maximum atomic E-state index is 8.58. The van der Waals surface area contributed by atoms with Crippen molar-refractivity contribution in [3.8, 4) is 6.07 Å². The Balaban J connectivity index is 1.30. The number of unbranched alkanes of at least 4 members (excludes halogenated alkanes) is 1. The molecule has 2 aliphatic rings. The first-order chi connectivity index (χ1) is 14.8. The van der Waals surface area contributed by atoms with E-state index in [2.05, 4.69) is 37.3 Å². The van der Waals surface area contributed by atoms with Gasteiger partial charge in [-0.25, -0.2) is 0 Å². The predicted octanol–water partition coefficient (Wildman–Crippen LogP) is 8.75. The number of nitriles is 1. The molecule has 1 nitrogen and oxygen atoms in total. The Hall–Kier alpha value is -1.55. The Morgan fingerprint density at radius 3 is 1.97 bits per heavy atom. The molecule has 2 aliphatic carbocycles. The number of hydrogen-bond donors (Lipinski definition) is 0. The molecule has 1 aromatic carbocycles. The van der Waals surface area contributed by atoms with E-state index in [9.17, 15) is 0 Å². The lowest BCUT2D eigenvalue weighted by Crippen LogP contribution is -2.17. The molecule has 0 amide bonds. The van der Waals surface area contributed by atoms with Gasteiger partial charge in [0.05, 0.1) is 6.07 Å². The summed E-state index contributed by atoms with van der Waals surface area (Å²) in [6.45, 7) is 2.27. The van der Waals surface area contributed by atoms with Gasteiger partial charge in [-0.05, 0) is 86.2 Å². The molecule has 1 heteroatoms. The number of allylic oxidation sites excluding steroid dienone is 2. The minimum atomic E-state index is 0.812. The summed E-state index contributed by atoms with van der Waals surface area (Å²) in [6.07, 6.45) is 24.3. The van der Waals surface area contributed by atoms with Crippen molar-refractivity contribution in [1.82, 2.24) is 0 Å². The second kappa shape index (κ2) is 13.0. The molecule has 0 spiro atoms. The van der Waals surface area contributed by atoms with Gasteiger partial charge >= 0.3 is 0 Å². The Morgan fingerprint density at radius 2 is 1.40 bits per heavy atom. The van der Waals surface area contributed by atoms with Crippen LogP contribution in [0.15, 0.2) is 36.4 Å². The maximum absolute atomic E-state index is 8.58. The third-order valence-corrected chi connectivity index (χ3v) is 8.00. The lowest BCUT2D eigenvalue weighted by atomic mass is 9.74. The second-order valence-electron chi connectivity index (χ2n) is 10.1. The second-order valence-corrected chi connectivity index (χ2v) is 10.1. The highest BCUT2D eigenvalue weighted by Gasteiger charge is 2.25. The minimum absolute atomic E-state index is 0.812. The van der Waals surface area contributed by atoms with Gasteiger partial charge in [0.1, 0.15) is 0 Å². The maximum Gasteiger partial charge on any atom is 0.0908 e. The summed E-state index contributed by atoms with van der Waals surface area (Å²) in [5.41, 5.74) is 3.11. The van der Waals surface area contributed by atoms with Crippen LogP contribution >= 0.6 is 0 Å². The fraction of sp³-hybridized carbons (Fsp3) is 0.690. The van der Waals surface area contributed by atoms with Gasteiger partial charge in [-0.15, -0.1) is 0 Å². The molecule has 1 aromatic rings. The number of aryl methyl sites for hydroxylation is 1. The number of rotatable bonds is 10. The fourth-order valence-electron chi connectivity index (χ4n) is 5.87. The van der Waals surface area contributed by atoms with E-state index < -0.39 is 0 Å². The van der Waals surface area contributed by atoms with Crippen LogP contribution in [-0.2, 0) is 6.42 Å². The van der Waals surface area contributed by atoms with Crippen molar-refractivity contribution in [3.05, 3.63) is 47.5 Å². The lowest BCUT2D eigenvalue weighted by molar-refractivity contribution is 0.225. The zero-order valence-corrected chi connectivity index (χ0v) is 19.3. The number of nitrogens with zero attached hydrogens (tertiary/aromatic N) is 1. The van der Waals surface area contributed by atoms with Gasteiger partial charge < -0.3 is 0 Å². The van der Waals surface area contributed by atoms with Gasteiger partial charge in [0, 0.05) is 6.08 Å². The van der Waals surface area contributed by atoms with Crippen molar-refractivity contribution in [2.45, 2.75) is 109 Å². The summed E-state index contributed by atoms with van der Waals surface area (Å²) < 4.78 is 0. The van der Waals surface area contributed by atoms with Crippen LogP contribution < -0.4 is 0 Å². The highest BCUT2D eigenvalue weighted by molar-refractivity contribution is 5.26. The smallest absolute Gasteiger partial charge is 0.0908 e. The molecule has 2 fully saturated rings. The van der Waals surface area contributed by atoms with Crippen molar-refractivity contribution < 1.29 is 0 Å². The molecule has 0 saturated heterocycles. The Kier molecular flexibility index (Phi) is 10.0. The van der Waals surface area contributed by atoms with Gasteiger partial charge in [-0.2, -0.15) is 5.26 Å². The van der Waals surface area contributed by atoms with Gasteiger partial charge in [0.2, 0.25) is 0 Å². The van der Waals surface area contributed by atoms with Crippen LogP contribution in [0.2, 0.25) is 0 Å². The highest BCUT2D eigenvalue weighted by Crippen LogP contribution is 2.40. The predicted molar refractivity (Wildman–Crippen MR) is 128 cm³/mol. The molecule has 164 valence electrons.